The number of ketones is 1. The summed E-state index contributed by atoms with van der Waals surface area (Å²) < 4.78 is 23.1. The Balaban J connectivity index is 1.75. The van der Waals surface area contributed by atoms with E-state index in [1.54, 1.807) is 0 Å². The number of sulfone groups is 1. The van der Waals surface area contributed by atoms with E-state index in [1.165, 1.54) is 17.4 Å². The van der Waals surface area contributed by atoms with Crippen molar-refractivity contribution in [3.63, 3.8) is 0 Å². The molecular weight excluding hydrogens is 334 g/mol. The van der Waals surface area contributed by atoms with Crippen molar-refractivity contribution in [3.8, 4) is 0 Å². The highest BCUT2D eigenvalue weighted by molar-refractivity contribution is 7.90. The Morgan fingerprint density at radius 2 is 2.00 bits per heavy atom. The van der Waals surface area contributed by atoms with E-state index < -0.39 is 9.84 Å². The van der Waals surface area contributed by atoms with Gasteiger partial charge in [0.05, 0.1) is 5.75 Å². The second-order valence-electron chi connectivity index (χ2n) is 7.75. The summed E-state index contributed by atoms with van der Waals surface area (Å²) in [5, 5.41) is 0. The lowest BCUT2D eigenvalue weighted by atomic mass is 9.86. The summed E-state index contributed by atoms with van der Waals surface area (Å²) in [5.41, 5.74) is 5.57. The number of rotatable bonds is 4. The third kappa shape index (κ3) is 4.59. The van der Waals surface area contributed by atoms with Crippen LogP contribution in [0.4, 0.5) is 0 Å². The van der Waals surface area contributed by atoms with Crippen LogP contribution >= 0.6 is 0 Å². The molecule has 0 amide bonds. The zero-order valence-electron chi connectivity index (χ0n) is 15.3. The number of fused-ring (bicyclic) bond motifs is 1. The molecule has 0 spiro atoms. The Morgan fingerprint density at radius 3 is 2.72 bits per heavy atom. The molecule has 0 radical (unpaired) electrons. The van der Waals surface area contributed by atoms with Gasteiger partial charge in [-0.25, -0.2) is 8.42 Å². The van der Waals surface area contributed by atoms with Crippen molar-refractivity contribution >= 4 is 21.7 Å². The van der Waals surface area contributed by atoms with Crippen LogP contribution in [0.2, 0.25) is 0 Å². The van der Waals surface area contributed by atoms with Gasteiger partial charge in [0.15, 0.2) is 5.78 Å². The molecule has 0 bridgehead atoms. The van der Waals surface area contributed by atoms with Crippen LogP contribution in [0.3, 0.4) is 0 Å². The highest BCUT2D eigenvalue weighted by Gasteiger charge is 2.26. The van der Waals surface area contributed by atoms with Gasteiger partial charge in [-0.2, -0.15) is 0 Å². The maximum absolute atomic E-state index is 12.6. The van der Waals surface area contributed by atoms with Gasteiger partial charge in [-0.05, 0) is 61.9 Å². The van der Waals surface area contributed by atoms with Crippen LogP contribution in [0.15, 0.2) is 17.7 Å². The van der Waals surface area contributed by atoms with Gasteiger partial charge in [0, 0.05) is 31.3 Å². The summed E-state index contributed by atoms with van der Waals surface area (Å²) in [7, 11) is -2.95. The number of Topliss-reactive ketones (excluding diaryl/α,β-unsaturated/α-hetero) is 1. The third-order valence-corrected chi connectivity index (χ3v) is 6.29. The molecule has 1 aromatic rings. The zero-order chi connectivity index (χ0) is 18.2. The van der Waals surface area contributed by atoms with E-state index in [9.17, 15) is 13.2 Å². The van der Waals surface area contributed by atoms with Crippen LogP contribution in [-0.2, 0) is 21.1 Å². The lowest BCUT2D eigenvalue weighted by Crippen LogP contribution is -2.40. The minimum atomic E-state index is -2.95. The highest BCUT2D eigenvalue weighted by atomic mass is 32.2. The Labute approximate surface area is 150 Å². The number of carbonyl (C=O) groups excluding carboxylic acids is 1. The molecule has 1 fully saturated rings. The van der Waals surface area contributed by atoms with Crippen molar-refractivity contribution in [3.05, 3.63) is 40.0 Å². The van der Waals surface area contributed by atoms with E-state index in [-0.39, 0.29) is 17.5 Å². The Morgan fingerprint density at radius 1 is 1.24 bits per heavy atom. The van der Waals surface area contributed by atoms with E-state index >= 15 is 0 Å². The van der Waals surface area contributed by atoms with Crippen molar-refractivity contribution in [2.45, 2.75) is 33.1 Å². The first kappa shape index (κ1) is 18.3. The average Bonchev–Trinajstić information content (AvgIpc) is 2.47. The van der Waals surface area contributed by atoms with Crippen LogP contribution in [0.1, 0.15) is 35.1 Å². The second kappa shape index (κ2) is 7.04. The largest absolute Gasteiger partial charge is 0.299 e. The van der Waals surface area contributed by atoms with E-state index in [0.29, 0.717) is 13.0 Å². The smallest absolute Gasteiger partial charge is 0.164 e. The lowest BCUT2D eigenvalue weighted by Gasteiger charge is -2.33. The molecular formula is C20H27NO3S. The number of hydrogen-bond acceptors (Lipinski definition) is 4. The first-order chi connectivity index (χ1) is 11.7. The van der Waals surface area contributed by atoms with Gasteiger partial charge in [0.25, 0.3) is 0 Å². The van der Waals surface area contributed by atoms with Crippen LogP contribution < -0.4 is 0 Å². The number of hydrogen-bond donors (Lipinski definition) is 0. The number of piperidine rings is 1. The molecule has 0 aromatic heterocycles. The maximum atomic E-state index is 12.6. The molecule has 5 heteroatoms. The number of carbonyl (C=O) groups is 1. The lowest BCUT2D eigenvalue weighted by molar-refractivity contribution is -0.115. The minimum Gasteiger partial charge on any atom is -0.299 e. The van der Waals surface area contributed by atoms with Crippen LogP contribution in [-0.4, -0.2) is 50.7 Å². The quantitative estimate of drug-likeness (QED) is 0.827. The van der Waals surface area contributed by atoms with Gasteiger partial charge in [-0.1, -0.05) is 17.7 Å². The fourth-order valence-corrected chi connectivity index (χ4v) is 5.31. The molecule has 1 aliphatic carbocycles. The zero-order valence-corrected chi connectivity index (χ0v) is 16.2. The van der Waals surface area contributed by atoms with E-state index in [0.717, 1.165) is 42.6 Å². The second-order valence-corrected chi connectivity index (χ2v) is 9.94. The Kier molecular flexibility index (Phi) is 5.16. The van der Waals surface area contributed by atoms with Crippen molar-refractivity contribution in [2.24, 2.45) is 5.92 Å². The first-order valence-electron chi connectivity index (χ1n) is 8.95. The molecule has 1 unspecified atom stereocenters. The number of aryl methyl sites for hydroxylation is 2. The normalized spacial score (nSPS) is 21.8. The third-order valence-electron chi connectivity index (χ3n) is 5.21. The monoisotopic (exact) mass is 361 g/mol. The fraction of sp³-hybridized carbons (Fsp3) is 0.550. The van der Waals surface area contributed by atoms with Crippen LogP contribution in [0.25, 0.3) is 6.08 Å². The van der Waals surface area contributed by atoms with Crippen LogP contribution in [0, 0.1) is 19.8 Å². The predicted octanol–water partition coefficient (Wildman–Crippen LogP) is 2.57. The standard InChI is InChI=1S/C20H27NO3S/c1-14-7-15(2)19-10-20(22)18(9-17(19)8-14)12-21-6-4-5-16(11-21)13-25(3,23)24/h7-9,16H,4-6,10-13H2,1-3H3. The van der Waals surface area contributed by atoms with Gasteiger partial charge in [0.1, 0.15) is 9.84 Å². The summed E-state index contributed by atoms with van der Waals surface area (Å²) >= 11 is 0. The molecule has 25 heavy (non-hydrogen) atoms. The van der Waals surface area contributed by atoms with Gasteiger partial charge in [0.2, 0.25) is 0 Å². The molecule has 0 saturated carbocycles. The summed E-state index contributed by atoms with van der Waals surface area (Å²) in [6.07, 6.45) is 5.78. The summed E-state index contributed by atoms with van der Waals surface area (Å²) in [6.45, 7) is 6.48. The minimum absolute atomic E-state index is 0.180. The Hall–Kier alpha value is -1.46. The Bertz CT molecular complexity index is 824. The molecule has 2 aliphatic rings. The molecule has 1 saturated heterocycles. The molecule has 4 nitrogen and oxygen atoms in total. The predicted molar refractivity (Wildman–Crippen MR) is 101 cm³/mol. The van der Waals surface area contributed by atoms with Crippen LogP contribution in [0.5, 0.6) is 0 Å². The summed E-state index contributed by atoms with van der Waals surface area (Å²) in [4.78, 5) is 14.8. The van der Waals surface area contributed by atoms with Crippen molar-refractivity contribution in [1.82, 2.24) is 4.90 Å². The molecule has 0 N–H and O–H groups in total. The summed E-state index contributed by atoms with van der Waals surface area (Å²) in [6, 6.07) is 4.28. The number of benzene rings is 1. The molecule has 3 rings (SSSR count). The van der Waals surface area contributed by atoms with Gasteiger partial charge in [-0.3, -0.25) is 9.69 Å². The SMILES string of the molecule is Cc1cc(C)c2c(c1)C=C(CN1CCCC(CS(C)(=O)=O)C1)C(=O)C2. The van der Waals surface area contributed by atoms with Gasteiger partial charge in [-0.15, -0.1) is 0 Å². The number of likely N-dealkylation sites (tertiary alicyclic amines) is 1. The van der Waals surface area contributed by atoms with Gasteiger partial charge < -0.3 is 0 Å². The van der Waals surface area contributed by atoms with E-state index in [4.69, 9.17) is 0 Å². The van der Waals surface area contributed by atoms with Gasteiger partial charge >= 0.3 is 0 Å². The molecule has 1 aromatic carbocycles. The average molecular weight is 362 g/mol. The number of nitrogens with zero attached hydrogens (tertiary/aromatic N) is 1. The van der Waals surface area contributed by atoms with Crippen molar-refractivity contribution in [1.29, 1.82) is 0 Å². The van der Waals surface area contributed by atoms with Crippen molar-refractivity contribution in [2.75, 3.05) is 31.6 Å². The first-order valence-corrected chi connectivity index (χ1v) is 11.0. The fourth-order valence-electron chi connectivity index (χ4n) is 4.18. The summed E-state index contributed by atoms with van der Waals surface area (Å²) in [5.74, 6) is 0.627. The van der Waals surface area contributed by atoms with Crippen molar-refractivity contribution < 1.29 is 13.2 Å². The maximum Gasteiger partial charge on any atom is 0.164 e. The topological polar surface area (TPSA) is 54.5 Å². The highest BCUT2D eigenvalue weighted by Crippen LogP contribution is 2.27. The van der Waals surface area contributed by atoms with E-state index in [2.05, 4.69) is 30.9 Å². The van der Waals surface area contributed by atoms with E-state index in [1.807, 2.05) is 6.08 Å². The molecule has 1 heterocycles. The molecule has 136 valence electrons. The molecule has 1 aliphatic heterocycles. The molecule has 1 atom stereocenters.